The van der Waals surface area contributed by atoms with E-state index in [4.69, 9.17) is 4.74 Å². The minimum absolute atomic E-state index is 0.107. The molecule has 49 heavy (non-hydrogen) atoms. The van der Waals surface area contributed by atoms with Crippen LogP contribution in [-0.2, 0) is 31.6 Å². The number of amides is 1. The fourth-order valence-corrected chi connectivity index (χ4v) is 7.98. The SMILES string of the molecule is CC(C)(C)OC(=O)N1CC[C@@H](CC(=O)C[C@@H]2CCc3cc(C(O)(C(F)(F)F)C(F)(F)F)ccc3N2S(=O)(=O)c2ccc(F)cc2)[C@H](CO)C1. The highest BCUT2D eigenvalue weighted by Crippen LogP contribution is 2.51. The van der Waals surface area contributed by atoms with E-state index in [0.717, 1.165) is 34.6 Å². The van der Waals surface area contributed by atoms with Crippen molar-refractivity contribution in [1.29, 1.82) is 0 Å². The van der Waals surface area contributed by atoms with Crippen LogP contribution in [0.25, 0.3) is 0 Å². The molecule has 0 saturated carbocycles. The molecule has 272 valence electrons. The van der Waals surface area contributed by atoms with E-state index in [9.17, 15) is 59.0 Å². The Labute approximate surface area is 278 Å². The maximum atomic E-state index is 13.9. The predicted octanol–water partition coefficient (Wildman–Crippen LogP) is 5.86. The van der Waals surface area contributed by atoms with Gasteiger partial charge < -0.3 is 19.8 Å². The minimum atomic E-state index is -6.17. The van der Waals surface area contributed by atoms with Crippen molar-refractivity contribution < 1.29 is 63.7 Å². The molecule has 0 bridgehead atoms. The number of piperidine rings is 1. The molecule has 2 aromatic rings. The highest BCUT2D eigenvalue weighted by atomic mass is 32.2. The van der Waals surface area contributed by atoms with Crippen LogP contribution in [0.1, 0.15) is 57.6 Å². The molecule has 0 spiro atoms. The number of likely N-dealkylation sites (tertiary alicyclic amines) is 1. The lowest BCUT2D eigenvalue weighted by Gasteiger charge is -2.40. The molecule has 0 aliphatic carbocycles. The molecular formula is C32H37F7N2O7S. The number of nitrogens with zero attached hydrogens (tertiary/aromatic N) is 2. The highest BCUT2D eigenvalue weighted by molar-refractivity contribution is 7.92. The summed E-state index contributed by atoms with van der Waals surface area (Å²) in [4.78, 5) is 27.0. The predicted molar refractivity (Wildman–Crippen MR) is 161 cm³/mol. The number of fused-ring (bicyclic) bond motifs is 1. The fourth-order valence-electron chi connectivity index (χ4n) is 6.27. The number of alkyl halides is 6. The second-order valence-electron chi connectivity index (χ2n) is 13.4. The smallest absolute Gasteiger partial charge is 0.430 e. The number of sulfonamides is 1. The van der Waals surface area contributed by atoms with Crippen molar-refractivity contribution in [3.8, 4) is 0 Å². The second-order valence-corrected chi connectivity index (χ2v) is 15.2. The van der Waals surface area contributed by atoms with E-state index in [2.05, 4.69) is 0 Å². The van der Waals surface area contributed by atoms with Crippen molar-refractivity contribution in [1.82, 2.24) is 4.90 Å². The van der Waals surface area contributed by atoms with Crippen LogP contribution in [0.2, 0.25) is 0 Å². The van der Waals surface area contributed by atoms with Crippen molar-refractivity contribution >= 4 is 27.6 Å². The number of benzene rings is 2. The van der Waals surface area contributed by atoms with Crippen LogP contribution in [0.15, 0.2) is 47.4 Å². The first-order chi connectivity index (χ1) is 22.5. The molecular weight excluding hydrogens is 689 g/mol. The number of aryl methyl sites for hydroxylation is 1. The third-order valence-corrected chi connectivity index (χ3v) is 10.6. The summed E-state index contributed by atoms with van der Waals surface area (Å²) >= 11 is 0. The minimum Gasteiger partial charge on any atom is -0.444 e. The third kappa shape index (κ3) is 7.98. The zero-order valence-corrected chi connectivity index (χ0v) is 27.6. The summed E-state index contributed by atoms with van der Waals surface area (Å²) in [5.74, 6) is -2.10. The van der Waals surface area contributed by atoms with Gasteiger partial charge in [-0.05, 0) is 81.8 Å². The van der Waals surface area contributed by atoms with Crippen LogP contribution < -0.4 is 4.31 Å². The Balaban J connectivity index is 1.64. The largest absolute Gasteiger partial charge is 0.444 e. The summed E-state index contributed by atoms with van der Waals surface area (Å²) in [6, 6.07) is 3.94. The molecule has 1 amide bonds. The molecule has 2 aromatic carbocycles. The first-order valence-corrected chi connectivity index (χ1v) is 16.8. The number of hydrogen-bond donors (Lipinski definition) is 2. The first kappa shape index (κ1) is 38.4. The van der Waals surface area contributed by atoms with Gasteiger partial charge in [-0.25, -0.2) is 17.6 Å². The Kier molecular flexibility index (Phi) is 10.7. The zero-order valence-electron chi connectivity index (χ0n) is 26.8. The molecule has 9 nitrogen and oxygen atoms in total. The van der Waals surface area contributed by atoms with Crippen molar-refractivity contribution in [2.75, 3.05) is 24.0 Å². The number of aliphatic hydroxyl groups excluding tert-OH is 1. The molecule has 17 heteroatoms. The molecule has 0 unspecified atom stereocenters. The summed E-state index contributed by atoms with van der Waals surface area (Å²) < 4.78 is 129. The van der Waals surface area contributed by atoms with E-state index in [1.165, 1.54) is 4.90 Å². The molecule has 3 atom stereocenters. The van der Waals surface area contributed by atoms with Crippen LogP contribution in [0, 0.1) is 17.7 Å². The summed E-state index contributed by atoms with van der Waals surface area (Å²) in [6.45, 7) is 5.09. The quantitative estimate of drug-likeness (QED) is 0.327. The average molecular weight is 727 g/mol. The van der Waals surface area contributed by atoms with E-state index in [1.807, 2.05) is 0 Å². The molecule has 0 radical (unpaired) electrons. The standard InChI is InChI=1S/C32H37F7N2O7S/c1-29(2,3)48-28(44)40-13-12-19(21(17-40)18-42)15-25(43)16-24-8-4-20-14-22(30(45,31(34,35)36)32(37,38)39)5-11-27(20)41(24)49(46,47)26-9-6-23(33)7-10-26/h5-7,9-11,14,19,21,24,42,45H,4,8,12-13,15-18H2,1-3H3/t19-,21-,24-/m0/s1. The van der Waals surface area contributed by atoms with Crippen molar-refractivity contribution in [3.05, 3.63) is 59.4 Å². The van der Waals surface area contributed by atoms with Gasteiger partial charge in [-0.1, -0.05) is 12.1 Å². The number of hydrogen-bond acceptors (Lipinski definition) is 7. The average Bonchev–Trinajstić information content (AvgIpc) is 2.98. The van der Waals surface area contributed by atoms with Gasteiger partial charge in [0.05, 0.1) is 16.6 Å². The first-order valence-electron chi connectivity index (χ1n) is 15.4. The molecule has 0 aromatic heterocycles. The van der Waals surface area contributed by atoms with Gasteiger partial charge >= 0.3 is 18.4 Å². The van der Waals surface area contributed by atoms with Crippen LogP contribution in [0.3, 0.4) is 0 Å². The van der Waals surface area contributed by atoms with Gasteiger partial charge in [0.1, 0.15) is 17.2 Å². The van der Waals surface area contributed by atoms with E-state index >= 15 is 0 Å². The maximum absolute atomic E-state index is 13.9. The lowest BCUT2D eigenvalue weighted by molar-refractivity contribution is -0.376. The summed E-state index contributed by atoms with van der Waals surface area (Å²) in [5.41, 5.74) is -8.12. The van der Waals surface area contributed by atoms with Crippen LogP contribution >= 0.6 is 0 Å². The van der Waals surface area contributed by atoms with E-state index in [-0.39, 0.29) is 56.1 Å². The van der Waals surface area contributed by atoms with Gasteiger partial charge in [0, 0.05) is 44.0 Å². The number of halogens is 7. The maximum Gasteiger partial charge on any atom is 0.430 e. The third-order valence-electron chi connectivity index (χ3n) is 8.73. The number of carbonyl (C=O) groups excluding carboxylic acids is 2. The van der Waals surface area contributed by atoms with Crippen LogP contribution in [0.5, 0.6) is 0 Å². The van der Waals surface area contributed by atoms with Gasteiger partial charge in [-0.2, -0.15) is 26.3 Å². The Morgan fingerprint density at radius 1 is 0.918 bits per heavy atom. The molecule has 2 N–H and O–H groups in total. The van der Waals surface area contributed by atoms with Crippen molar-refractivity contribution in [2.45, 2.75) is 87.4 Å². The van der Waals surface area contributed by atoms with Gasteiger partial charge in [-0.3, -0.25) is 9.10 Å². The van der Waals surface area contributed by atoms with E-state index in [0.29, 0.717) is 18.6 Å². The second kappa shape index (κ2) is 13.7. The van der Waals surface area contributed by atoms with Gasteiger partial charge in [0.15, 0.2) is 0 Å². The number of anilines is 1. The zero-order chi connectivity index (χ0) is 36.7. The number of rotatable bonds is 8. The van der Waals surface area contributed by atoms with E-state index in [1.54, 1.807) is 20.8 Å². The molecule has 2 aliphatic heterocycles. The van der Waals surface area contributed by atoms with Crippen LogP contribution in [-0.4, -0.2) is 79.1 Å². The number of ketones is 1. The topological polar surface area (TPSA) is 124 Å². The molecule has 4 rings (SSSR count). The number of ether oxygens (including phenoxy) is 1. The molecule has 2 aliphatic rings. The summed E-state index contributed by atoms with van der Waals surface area (Å²) in [6.07, 6.45) is -13.5. The molecule has 1 saturated heterocycles. The number of aliphatic hydroxyl groups is 2. The Morgan fingerprint density at radius 2 is 1.53 bits per heavy atom. The number of carbonyl (C=O) groups is 2. The number of Topliss-reactive ketones (excluding diaryl/α,β-unsaturated/α-hetero) is 1. The van der Waals surface area contributed by atoms with Crippen LogP contribution in [0.4, 0.5) is 41.2 Å². The van der Waals surface area contributed by atoms with Crippen molar-refractivity contribution in [3.63, 3.8) is 0 Å². The van der Waals surface area contributed by atoms with Crippen molar-refractivity contribution in [2.24, 2.45) is 11.8 Å². The van der Waals surface area contributed by atoms with Gasteiger partial charge in [-0.15, -0.1) is 0 Å². The normalized spacial score (nSPS) is 20.9. The Hall–Kier alpha value is -3.44. The fraction of sp³-hybridized carbons (Fsp3) is 0.562. The molecule has 2 heterocycles. The molecule has 1 fully saturated rings. The Morgan fingerprint density at radius 3 is 2.08 bits per heavy atom. The summed E-state index contributed by atoms with van der Waals surface area (Å²) in [7, 11) is -4.66. The van der Waals surface area contributed by atoms with E-state index < -0.39 is 80.1 Å². The Bertz CT molecular complexity index is 1630. The highest BCUT2D eigenvalue weighted by Gasteiger charge is 2.71. The van der Waals surface area contributed by atoms with Gasteiger partial charge in [0.25, 0.3) is 15.6 Å². The lowest BCUT2D eigenvalue weighted by atomic mass is 9.81. The lowest BCUT2D eigenvalue weighted by Crippen LogP contribution is -2.54. The monoisotopic (exact) mass is 726 g/mol. The van der Waals surface area contributed by atoms with Gasteiger partial charge in [0.2, 0.25) is 0 Å². The summed E-state index contributed by atoms with van der Waals surface area (Å²) in [5, 5.41) is 20.0.